The van der Waals surface area contributed by atoms with Gasteiger partial charge in [-0.1, -0.05) is 39.8 Å². The molecule has 0 radical (unpaired) electrons. The van der Waals surface area contributed by atoms with Gasteiger partial charge in [0.05, 0.1) is 16.4 Å². The molecular formula is C16H11Br2N3O3S. The van der Waals surface area contributed by atoms with Crippen molar-refractivity contribution in [1.82, 2.24) is 10.4 Å². The van der Waals surface area contributed by atoms with Gasteiger partial charge < -0.3 is 9.52 Å². The van der Waals surface area contributed by atoms with Crippen molar-refractivity contribution in [1.29, 1.82) is 0 Å². The first-order chi connectivity index (χ1) is 12.0. The number of aromatic nitrogens is 1. The molecule has 1 aromatic heterocycles. The summed E-state index contributed by atoms with van der Waals surface area (Å²) in [6.07, 6.45) is 1.37. The van der Waals surface area contributed by atoms with Crippen molar-refractivity contribution in [3.05, 3.63) is 50.9 Å². The van der Waals surface area contributed by atoms with E-state index < -0.39 is 0 Å². The molecule has 9 heteroatoms. The molecule has 3 rings (SSSR count). The lowest BCUT2D eigenvalue weighted by atomic mass is 10.2. The molecule has 0 unspecified atom stereocenters. The summed E-state index contributed by atoms with van der Waals surface area (Å²) in [5, 5.41) is 14.2. The van der Waals surface area contributed by atoms with E-state index in [0.29, 0.717) is 20.8 Å². The summed E-state index contributed by atoms with van der Waals surface area (Å²) in [5.74, 6) is -0.155. The molecular weight excluding hydrogens is 474 g/mol. The average Bonchev–Trinajstić information content (AvgIpc) is 3.00. The Balaban J connectivity index is 1.56. The molecule has 0 aliphatic carbocycles. The van der Waals surface area contributed by atoms with Gasteiger partial charge in [-0.05, 0) is 40.2 Å². The summed E-state index contributed by atoms with van der Waals surface area (Å²) >= 11 is 7.74. The van der Waals surface area contributed by atoms with Gasteiger partial charge >= 0.3 is 0 Å². The number of hydrogen-bond donors (Lipinski definition) is 2. The largest absolute Gasteiger partial charge is 0.506 e. The maximum atomic E-state index is 11.8. The molecule has 0 aliphatic rings. The Morgan fingerprint density at radius 2 is 2.16 bits per heavy atom. The molecule has 0 fully saturated rings. The van der Waals surface area contributed by atoms with Crippen LogP contribution in [0.15, 0.2) is 60.1 Å². The average molecular weight is 485 g/mol. The molecule has 0 spiro atoms. The summed E-state index contributed by atoms with van der Waals surface area (Å²) in [6, 6.07) is 10.8. The molecule has 0 aliphatic heterocycles. The van der Waals surface area contributed by atoms with Crippen LogP contribution in [0.2, 0.25) is 0 Å². The number of halogens is 2. The zero-order chi connectivity index (χ0) is 17.8. The highest BCUT2D eigenvalue weighted by Gasteiger charge is 2.09. The van der Waals surface area contributed by atoms with E-state index >= 15 is 0 Å². The van der Waals surface area contributed by atoms with Crippen LogP contribution in [0.1, 0.15) is 5.56 Å². The first-order valence-corrected chi connectivity index (χ1v) is 9.58. The van der Waals surface area contributed by atoms with Crippen LogP contribution in [-0.4, -0.2) is 28.0 Å². The van der Waals surface area contributed by atoms with Crippen LogP contribution in [-0.2, 0) is 4.79 Å². The molecule has 0 atom stereocenters. The van der Waals surface area contributed by atoms with E-state index in [4.69, 9.17) is 4.42 Å². The highest BCUT2D eigenvalue weighted by atomic mass is 79.9. The Bertz CT molecular complexity index is 926. The minimum absolute atomic E-state index is 0.0436. The summed E-state index contributed by atoms with van der Waals surface area (Å²) in [4.78, 5) is 16.1. The van der Waals surface area contributed by atoms with E-state index in [1.54, 1.807) is 12.1 Å². The molecule has 25 heavy (non-hydrogen) atoms. The predicted octanol–water partition coefficient (Wildman–Crippen LogP) is 4.30. The number of amides is 1. The Morgan fingerprint density at radius 1 is 1.36 bits per heavy atom. The number of carbonyl (C=O) groups excluding carboxylic acids is 1. The zero-order valence-electron chi connectivity index (χ0n) is 12.6. The molecule has 0 saturated carbocycles. The molecule has 2 N–H and O–H groups in total. The topological polar surface area (TPSA) is 87.7 Å². The van der Waals surface area contributed by atoms with E-state index in [1.165, 1.54) is 18.0 Å². The third-order valence-corrected chi connectivity index (χ3v) is 4.94. The Hall–Kier alpha value is -1.84. The van der Waals surface area contributed by atoms with Gasteiger partial charge in [0, 0.05) is 10.0 Å². The highest BCUT2D eigenvalue weighted by molar-refractivity contribution is 9.11. The van der Waals surface area contributed by atoms with Crippen molar-refractivity contribution >= 4 is 66.8 Å². The molecule has 128 valence electrons. The maximum Gasteiger partial charge on any atom is 0.257 e. The number of oxazole rings is 1. The molecule has 6 nitrogen and oxygen atoms in total. The zero-order valence-corrected chi connectivity index (χ0v) is 16.6. The summed E-state index contributed by atoms with van der Waals surface area (Å²) < 4.78 is 6.83. The van der Waals surface area contributed by atoms with Crippen LogP contribution in [0, 0.1) is 0 Å². The first kappa shape index (κ1) is 18.0. The maximum absolute atomic E-state index is 11.8. The van der Waals surface area contributed by atoms with Crippen molar-refractivity contribution in [3.63, 3.8) is 0 Å². The number of phenols is 1. The fourth-order valence-electron chi connectivity index (χ4n) is 1.93. The molecule has 3 aromatic rings. The number of aromatic hydroxyl groups is 1. The second-order valence-corrected chi connectivity index (χ2v) is 7.55. The standard InChI is InChI=1S/C16H11Br2N3O3S/c17-10-5-9(15(23)11(18)6-10)7-19-21-14(22)8-25-16-20-12-3-1-2-4-13(12)24-16/h1-7,23H,8H2,(H,21,22). The van der Waals surface area contributed by atoms with Gasteiger partial charge in [0.2, 0.25) is 0 Å². The number of para-hydroxylation sites is 2. The van der Waals surface area contributed by atoms with Gasteiger partial charge in [-0.3, -0.25) is 4.79 Å². The number of hydrazone groups is 1. The minimum Gasteiger partial charge on any atom is -0.506 e. The van der Waals surface area contributed by atoms with Crippen LogP contribution < -0.4 is 5.43 Å². The number of phenolic OH excluding ortho intramolecular Hbond substituents is 1. The summed E-state index contributed by atoms with van der Waals surface area (Å²) in [7, 11) is 0. The lowest BCUT2D eigenvalue weighted by Crippen LogP contribution is -2.19. The third kappa shape index (κ3) is 4.62. The SMILES string of the molecule is O=C(CSc1nc2ccccc2o1)NN=Cc1cc(Br)cc(Br)c1O. The third-order valence-electron chi connectivity index (χ3n) is 3.05. The molecule has 0 saturated heterocycles. The van der Waals surface area contributed by atoms with Crippen molar-refractivity contribution < 1.29 is 14.3 Å². The minimum atomic E-state index is -0.308. The van der Waals surface area contributed by atoms with Gasteiger partial charge in [-0.25, -0.2) is 10.4 Å². The Kier molecular flexibility index (Phi) is 5.77. The van der Waals surface area contributed by atoms with E-state index in [2.05, 4.69) is 47.4 Å². The van der Waals surface area contributed by atoms with Crippen molar-refractivity contribution in [3.8, 4) is 5.75 Å². The normalized spacial score (nSPS) is 11.3. The van der Waals surface area contributed by atoms with Crippen LogP contribution in [0.4, 0.5) is 0 Å². The number of carbonyl (C=O) groups is 1. The second-order valence-electron chi connectivity index (χ2n) is 4.85. The first-order valence-electron chi connectivity index (χ1n) is 7.01. The Labute approximate surface area is 164 Å². The molecule has 1 heterocycles. The molecule has 2 aromatic carbocycles. The Morgan fingerprint density at radius 3 is 2.96 bits per heavy atom. The number of hydrogen-bond acceptors (Lipinski definition) is 6. The van der Waals surface area contributed by atoms with Gasteiger partial charge in [0.15, 0.2) is 5.58 Å². The fraction of sp³-hybridized carbons (Fsp3) is 0.0625. The smallest absolute Gasteiger partial charge is 0.257 e. The quantitative estimate of drug-likeness (QED) is 0.320. The second kappa shape index (κ2) is 8.03. The lowest BCUT2D eigenvalue weighted by molar-refractivity contribution is -0.118. The van der Waals surface area contributed by atoms with Crippen LogP contribution in [0.5, 0.6) is 5.75 Å². The van der Waals surface area contributed by atoms with Crippen molar-refractivity contribution in [2.75, 3.05) is 5.75 Å². The number of rotatable bonds is 5. The molecule has 0 bridgehead atoms. The summed E-state index contributed by atoms with van der Waals surface area (Å²) in [6.45, 7) is 0. The van der Waals surface area contributed by atoms with Crippen molar-refractivity contribution in [2.45, 2.75) is 5.22 Å². The van der Waals surface area contributed by atoms with Gasteiger partial charge in [0.25, 0.3) is 11.1 Å². The number of nitrogens with one attached hydrogen (secondary N) is 1. The number of fused-ring (bicyclic) bond motifs is 1. The van der Waals surface area contributed by atoms with Crippen LogP contribution in [0.25, 0.3) is 11.1 Å². The number of benzene rings is 2. The van der Waals surface area contributed by atoms with E-state index in [1.807, 2.05) is 24.3 Å². The predicted molar refractivity (Wildman–Crippen MR) is 104 cm³/mol. The van der Waals surface area contributed by atoms with Crippen molar-refractivity contribution in [2.24, 2.45) is 5.10 Å². The lowest BCUT2D eigenvalue weighted by Gasteiger charge is -2.03. The van der Waals surface area contributed by atoms with E-state index in [-0.39, 0.29) is 17.4 Å². The number of thioether (sulfide) groups is 1. The molecule has 1 amide bonds. The summed E-state index contributed by atoms with van der Waals surface area (Å²) in [5.41, 5.74) is 4.29. The van der Waals surface area contributed by atoms with Gasteiger partial charge in [-0.15, -0.1) is 0 Å². The number of nitrogens with zero attached hydrogens (tertiary/aromatic N) is 2. The van der Waals surface area contributed by atoms with Crippen LogP contribution in [0.3, 0.4) is 0 Å². The van der Waals surface area contributed by atoms with Crippen LogP contribution >= 0.6 is 43.6 Å². The van der Waals surface area contributed by atoms with Gasteiger partial charge in [-0.2, -0.15) is 5.10 Å². The highest BCUT2D eigenvalue weighted by Crippen LogP contribution is 2.30. The monoisotopic (exact) mass is 483 g/mol. The van der Waals surface area contributed by atoms with Gasteiger partial charge in [0.1, 0.15) is 11.3 Å². The fourth-order valence-corrected chi connectivity index (χ4v) is 3.82. The van der Waals surface area contributed by atoms with E-state index in [9.17, 15) is 9.90 Å². The van der Waals surface area contributed by atoms with E-state index in [0.717, 1.165) is 9.99 Å².